The van der Waals surface area contributed by atoms with Gasteiger partial charge in [0.2, 0.25) is 0 Å². The van der Waals surface area contributed by atoms with Crippen molar-refractivity contribution >= 4 is 50.9 Å². The summed E-state index contributed by atoms with van der Waals surface area (Å²) in [5.74, 6) is -0.718. The number of halogens is 1. The van der Waals surface area contributed by atoms with E-state index < -0.39 is 10.7 Å². The van der Waals surface area contributed by atoms with Crippen LogP contribution in [0.4, 0.5) is 0 Å². The summed E-state index contributed by atoms with van der Waals surface area (Å²) in [6.45, 7) is 0. The number of thioether (sulfide) groups is 1. The van der Waals surface area contributed by atoms with Gasteiger partial charge >= 0.3 is 5.97 Å². The van der Waals surface area contributed by atoms with Gasteiger partial charge in [-0.05, 0) is 31.4 Å². The zero-order chi connectivity index (χ0) is 12.8. The van der Waals surface area contributed by atoms with Gasteiger partial charge < -0.3 is 5.11 Å². The highest BCUT2D eigenvalue weighted by atomic mass is 35.5. The Kier molecular flexibility index (Phi) is 3.00. The lowest BCUT2D eigenvalue weighted by Crippen LogP contribution is -2.41. The van der Waals surface area contributed by atoms with Gasteiger partial charge in [-0.15, -0.1) is 23.1 Å². The number of rotatable bonds is 3. The maximum absolute atomic E-state index is 11.4. The molecule has 0 aromatic carbocycles. The highest BCUT2D eigenvalue weighted by Gasteiger charge is 2.45. The molecule has 0 radical (unpaired) electrons. The highest BCUT2D eigenvalue weighted by molar-refractivity contribution is 8.01. The molecule has 0 spiro atoms. The van der Waals surface area contributed by atoms with Crippen LogP contribution in [-0.4, -0.2) is 20.8 Å². The van der Waals surface area contributed by atoms with Gasteiger partial charge in [-0.3, -0.25) is 4.79 Å². The summed E-state index contributed by atoms with van der Waals surface area (Å²) >= 11 is 8.85. The zero-order valence-corrected chi connectivity index (χ0v) is 11.7. The molecule has 1 fully saturated rings. The largest absolute Gasteiger partial charge is 0.480 e. The van der Waals surface area contributed by atoms with Crippen molar-refractivity contribution in [3.05, 3.63) is 22.7 Å². The number of fused-ring (bicyclic) bond motifs is 1. The SMILES string of the molecule is O=C(O)C1(Sc2ccnc3sc(Cl)cc23)CCC1. The Morgan fingerprint density at radius 1 is 1.56 bits per heavy atom. The molecular weight excluding hydrogens is 290 g/mol. The normalized spacial score (nSPS) is 17.6. The second-order valence-corrected chi connectivity index (χ2v) is 7.42. The summed E-state index contributed by atoms with van der Waals surface area (Å²) < 4.78 is 0.0337. The average Bonchev–Trinajstić information content (AvgIpc) is 2.63. The molecule has 1 aliphatic carbocycles. The average molecular weight is 300 g/mol. The summed E-state index contributed by atoms with van der Waals surface area (Å²) in [7, 11) is 0. The fraction of sp³-hybridized carbons (Fsp3) is 0.333. The fourth-order valence-electron chi connectivity index (χ4n) is 2.04. The van der Waals surface area contributed by atoms with Crippen LogP contribution in [0.25, 0.3) is 10.2 Å². The Morgan fingerprint density at radius 2 is 2.33 bits per heavy atom. The summed E-state index contributed by atoms with van der Waals surface area (Å²) in [4.78, 5) is 17.5. The van der Waals surface area contributed by atoms with Crippen molar-refractivity contribution in [1.82, 2.24) is 4.98 Å². The third kappa shape index (κ3) is 1.90. The van der Waals surface area contributed by atoms with E-state index in [1.54, 1.807) is 6.20 Å². The Morgan fingerprint density at radius 3 is 2.94 bits per heavy atom. The number of hydrogen-bond donors (Lipinski definition) is 1. The summed E-state index contributed by atoms with van der Waals surface area (Å²) in [5.41, 5.74) is 0. The number of nitrogens with zero attached hydrogens (tertiary/aromatic N) is 1. The highest BCUT2D eigenvalue weighted by Crippen LogP contribution is 2.49. The first-order valence-corrected chi connectivity index (χ1v) is 7.58. The lowest BCUT2D eigenvalue weighted by atomic mass is 9.84. The number of carbonyl (C=O) groups is 1. The lowest BCUT2D eigenvalue weighted by molar-refractivity contribution is -0.142. The first kappa shape index (κ1) is 12.3. The molecule has 0 atom stereocenters. The predicted octanol–water partition coefficient (Wildman–Crippen LogP) is 4.05. The van der Waals surface area contributed by atoms with Crippen molar-refractivity contribution in [2.75, 3.05) is 0 Å². The van der Waals surface area contributed by atoms with Gasteiger partial charge in [-0.2, -0.15) is 0 Å². The van der Waals surface area contributed by atoms with Gasteiger partial charge in [0.1, 0.15) is 9.58 Å². The minimum atomic E-state index is -0.718. The molecule has 0 unspecified atom stereocenters. The van der Waals surface area contributed by atoms with Crippen molar-refractivity contribution in [3.8, 4) is 0 Å². The van der Waals surface area contributed by atoms with Crippen molar-refractivity contribution in [2.45, 2.75) is 28.9 Å². The van der Waals surface area contributed by atoms with E-state index in [2.05, 4.69) is 4.98 Å². The fourth-order valence-corrected chi connectivity index (χ4v) is 4.59. The topological polar surface area (TPSA) is 50.2 Å². The zero-order valence-electron chi connectivity index (χ0n) is 9.35. The molecule has 1 aliphatic rings. The third-order valence-corrected chi connectivity index (χ3v) is 5.94. The van der Waals surface area contributed by atoms with Crippen LogP contribution in [0.5, 0.6) is 0 Å². The molecule has 1 saturated carbocycles. The van der Waals surface area contributed by atoms with E-state index in [9.17, 15) is 9.90 Å². The minimum absolute atomic E-state index is 0.650. The number of aromatic nitrogens is 1. The Bertz CT molecular complexity index is 622. The molecule has 6 heteroatoms. The molecule has 3 nitrogen and oxygen atoms in total. The van der Waals surface area contributed by atoms with Crippen LogP contribution >= 0.6 is 34.7 Å². The number of aliphatic carboxylic acids is 1. The van der Waals surface area contributed by atoms with Crippen LogP contribution in [0.2, 0.25) is 4.34 Å². The Labute approximate surface area is 117 Å². The number of carboxylic acid groups (broad SMARTS) is 1. The number of hydrogen-bond acceptors (Lipinski definition) is 4. The molecule has 94 valence electrons. The van der Waals surface area contributed by atoms with E-state index in [-0.39, 0.29) is 0 Å². The first-order valence-electron chi connectivity index (χ1n) is 5.57. The van der Waals surface area contributed by atoms with E-state index in [1.165, 1.54) is 23.1 Å². The number of carboxylic acids is 1. The van der Waals surface area contributed by atoms with E-state index in [1.807, 2.05) is 12.1 Å². The first-order chi connectivity index (χ1) is 8.61. The van der Waals surface area contributed by atoms with Crippen LogP contribution in [0.15, 0.2) is 23.2 Å². The Balaban J connectivity index is 2.02. The molecule has 0 saturated heterocycles. The van der Waals surface area contributed by atoms with Crippen LogP contribution in [-0.2, 0) is 4.79 Å². The van der Waals surface area contributed by atoms with Crippen molar-refractivity contribution in [1.29, 1.82) is 0 Å². The van der Waals surface area contributed by atoms with Gasteiger partial charge in [-0.1, -0.05) is 11.6 Å². The monoisotopic (exact) mass is 299 g/mol. The second kappa shape index (κ2) is 4.40. The molecule has 0 bridgehead atoms. The smallest absolute Gasteiger partial charge is 0.320 e. The van der Waals surface area contributed by atoms with Gasteiger partial charge in [0, 0.05) is 16.5 Å². The maximum atomic E-state index is 11.4. The van der Waals surface area contributed by atoms with Crippen LogP contribution in [0.3, 0.4) is 0 Å². The molecule has 3 rings (SSSR count). The standard InChI is InChI=1S/C12H10ClNO2S2/c13-9-6-7-8(2-5-14-10(7)17-9)18-12(11(15)16)3-1-4-12/h2,5-6H,1,3-4H2,(H,15,16). The quantitative estimate of drug-likeness (QED) is 0.929. The van der Waals surface area contributed by atoms with Crippen molar-refractivity contribution < 1.29 is 9.90 Å². The Hall–Kier alpha value is -0.780. The van der Waals surface area contributed by atoms with Gasteiger partial charge in [0.25, 0.3) is 0 Å². The van der Waals surface area contributed by atoms with E-state index in [4.69, 9.17) is 11.6 Å². The van der Waals surface area contributed by atoms with Crippen LogP contribution in [0.1, 0.15) is 19.3 Å². The lowest BCUT2D eigenvalue weighted by Gasteiger charge is -2.36. The molecule has 0 amide bonds. The van der Waals surface area contributed by atoms with Crippen molar-refractivity contribution in [3.63, 3.8) is 0 Å². The summed E-state index contributed by atoms with van der Waals surface area (Å²) in [6.07, 6.45) is 4.16. The summed E-state index contributed by atoms with van der Waals surface area (Å²) in [6, 6.07) is 3.74. The number of pyridine rings is 1. The van der Waals surface area contributed by atoms with E-state index in [0.29, 0.717) is 4.34 Å². The molecule has 2 aromatic rings. The molecule has 1 N–H and O–H groups in total. The molecular formula is C12H10ClNO2S2. The predicted molar refractivity (Wildman–Crippen MR) is 74.7 cm³/mol. The van der Waals surface area contributed by atoms with E-state index >= 15 is 0 Å². The van der Waals surface area contributed by atoms with Gasteiger partial charge in [0.15, 0.2) is 0 Å². The molecule has 18 heavy (non-hydrogen) atoms. The number of thiophene rings is 1. The summed E-state index contributed by atoms with van der Waals surface area (Å²) in [5, 5.41) is 10.3. The minimum Gasteiger partial charge on any atom is -0.480 e. The van der Waals surface area contributed by atoms with Gasteiger partial charge in [-0.25, -0.2) is 4.98 Å². The van der Waals surface area contributed by atoms with E-state index in [0.717, 1.165) is 34.4 Å². The molecule has 2 heterocycles. The molecule has 2 aromatic heterocycles. The van der Waals surface area contributed by atoms with Crippen LogP contribution in [0, 0.1) is 0 Å². The van der Waals surface area contributed by atoms with Crippen molar-refractivity contribution in [2.24, 2.45) is 0 Å². The van der Waals surface area contributed by atoms with Crippen LogP contribution < -0.4 is 0 Å². The maximum Gasteiger partial charge on any atom is 0.320 e. The van der Waals surface area contributed by atoms with Gasteiger partial charge in [0.05, 0.1) is 4.34 Å². The second-order valence-electron chi connectivity index (χ2n) is 4.33. The third-order valence-electron chi connectivity index (χ3n) is 3.22. The molecule has 0 aliphatic heterocycles.